The van der Waals surface area contributed by atoms with Crippen LogP contribution in [0.3, 0.4) is 0 Å². The van der Waals surface area contributed by atoms with Crippen molar-refractivity contribution in [2.75, 3.05) is 6.54 Å². The van der Waals surface area contributed by atoms with Gasteiger partial charge in [-0.2, -0.15) is 0 Å². The van der Waals surface area contributed by atoms with E-state index in [4.69, 9.17) is 0 Å². The lowest BCUT2D eigenvalue weighted by Gasteiger charge is -2.14. The second-order valence-electron chi connectivity index (χ2n) is 5.41. The van der Waals surface area contributed by atoms with E-state index < -0.39 is 0 Å². The molecule has 0 aromatic rings. The Morgan fingerprint density at radius 2 is 1.86 bits per heavy atom. The molecular weight excluding hydrogens is 170 g/mol. The molecule has 1 nitrogen and oxygen atoms in total. The van der Waals surface area contributed by atoms with Crippen LogP contribution < -0.4 is 5.32 Å². The predicted octanol–water partition coefficient (Wildman–Crippen LogP) is 3.59. The fourth-order valence-corrected chi connectivity index (χ4v) is 1.87. The standard InChI is InChI=1S/C13H27N/c1-11(2)5-4-6-12(3)14-10-9-13-7-8-13/h11-14H,4-10H2,1-3H3. The lowest BCUT2D eigenvalue weighted by atomic mass is 10.0. The van der Waals surface area contributed by atoms with Crippen LogP contribution in [0.5, 0.6) is 0 Å². The summed E-state index contributed by atoms with van der Waals surface area (Å²) in [6.07, 6.45) is 8.51. The molecule has 0 aliphatic heterocycles. The molecule has 0 aromatic heterocycles. The number of hydrogen-bond acceptors (Lipinski definition) is 1. The third-order valence-electron chi connectivity index (χ3n) is 3.16. The van der Waals surface area contributed by atoms with Gasteiger partial charge in [0.15, 0.2) is 0 Å². The maximum atomic E-state index is 3.63. The Labute approximate surface area is 89.7 Å². The van der Waals surface area contributed by atoms with Crippen molar-refractivity contribution in [3.8, 4) is 0 Å². The van der Waals surface area contributed by atoms with Crippen molar-refractivity contribution in [2.24, 2.45) is 11.8 Å². The van der Waals surface area contributed by atoms with Gasteiger partial charge in [-0.3, -0.25) is 0 Å². The van der Waals surface area contributed by atoms with Gasteiger partial charge in [0.1, 0.15) is 0 Å². The number of rotatable bonds is 8. The van der Waals surface area contributed by atoms with E-state index in [0.717, 1.165) is 17.9 Å². The first kappa shape index (κ1) is 12.0. The minimum Gasteiger partial charge on any atom is -0.314 e. The van der Waals surface area contributed by atoms with E-state index in [1.54, 1.807) is 0 Å². The SMILES string of the molecule is CC(C)CCCC(C)NCCC1CC1. The molecule has 1 atom stereocenters. The first-order chi connectivity index (χ1) is 6.68. The summed E-state index contributed by atoms with van der Waals surface area (Å²) in [4.78, 5) is 0. The molecular formula is C13H27N. The fourth-order valence-electron chi connectivity index (χ4n) is 1.87. The van der Waals surface area contributed by atoms with Crippen LogP contribution in [0.15, 0.2) is 0 Å². The van der Waals surface area contributed by atoms with Gasteiger partial charge in [-0.15, -0.1) is 0 Å². The van der Waals surface area contributed by atoms with E-state index in [9.17, 15) is 0 Å². The maximum absolute atomic E-state index is 3.63. The van der Waals surface area contributed by atoms with Crippen molar-refractivity contribution in [1.29, 1.82) is 0 Å². The van der Waals surface area contributed by atoms with Gasteiger partial charge >= 0.3 is 0 Å². The molecule has 1 aliphatic carbocycles. The summed E-state index contributed by atoms with van der Waals surface area (Å²) in [5, 5.41) is 3.63. The van der Waals surface area contributed by atoms with Crippen molar-refractivity contribution in [1.82, 2.24) is 5.32 Å². The van der Waals surface area contributed by atoms with Crippen LogP contribution in [0.1, 0.15) is 59.3 Å². The lowest BCUT2D eigenvalue weighted by molar-refractivity contribution is 0.450. The van der Waals surface area contributed by atoms with E-state index in [1.807, 2.05) is 0 Å². The van der Waals surface area contributed by atoms with E-state index in [1.165, 1.54) is 45.1 Å². The molecule has 1 unspecified atom stereocenters. The quantitative estimate of drug-likeness (QED) is 0.627. The molecule has 0 heterocycles. The highest BCUT2D eigenvalue weighted by molar-refractivity contribution is 4.74. The van der Waals surface area contributed by atoms with Crippen molar-refractivity contribution < 1.29 is 0 Å². The summed E-state index contributed by atoms with van der Waals surface area (Å²) in [6.45, 7) is 8.19. The van der Waals surface area contributed by atoms with Gasteiger partial charge in [0.2, 0.25) is 0 Å². The summed E-state index contributed by atoms with van der Waals surface area (Å²) in [5.74, 6) is 1.94. The Hall–Kier alpha value is -0.0400. The van der Waals surface area contributed by atoms with E-state index >= 15 is 0 Å². The monoisotopic (exact) mass is 197 g/mol. The van der Waals surface area contributed by atoms with Crippen molar-refractivity contribution in [3.05, 3.63) is 0 Å². The van der Waals surface area contributed by atoms with E-state index in [2.05, 4.69) is 26.1 Å². The Bertz CT molecular complexity index is 130. The number of nitrogens with one attached hydrogen (secondary N) is 1. The number of hydrogen-bond donors (Lipinski definition) is 1. The maximum Gasteiger partial charge on any atom is 0.00387 e. The molecule has 1 N–H and O–H groups in total. The van der Waals surface area contributed by atoms with Gasteiger partial charge in [-0.1, -0.05) is 39.5 Å². The van der Waals surface area contributed by atoms with Gasteiger partial charge in [0.25, 0.3) is 0 Å². The van der Waals surface area contributed by atoms with Crippen molar-refractivity contribution in [3.63, 3.8) is 0 Å². The molecule has 1 aliphatic rings. The smallest absolute Gasteiger partial charge is 0.00387 e. The van der Waals surface area contributed by atoms with Crippen LogP contribution in [0.2, 0.25) is 0 Å². The molecule has 1 fully saturated rings. The molecule has 84 valence electrons. The van der Waals surface area contributed by atoms with Gasteiger partial charge in [-0.05, 0) is 38.1 Å². The van der Waals surface area contributed by atoms with Gasteiger partial charge < -0.3 is 5.32 Å². The summed E-state index contributed by atoms with van der Waals surface area (Å²) in [6, 6.07) is 0.729. The highest BCUT2D eigenvalue weighted by Gasteiger charge is 2.20. The average Bonchev–Trinajstić information content (AvgIpc) is 2.87. The Morgan fingerprint density at radius 3 is 2.43 bits per heavy atom. The zero-order valence-electron chi connectivity index (χ0n) is 10.2. The van der Waals surface area contributed by atoms with Crippen LogP contribution >= 0.6 is 0 Å². The molecule has 1 heteroatoms. The Kier molecular flexibility index (Phi) is 5.54. The first-order valence-corrected chi connectivity index (χ1v) is 6.42. The molecule has 0 amide bonds. The largest absolute Gasteiger partial charge is 0.314 e. The first-order valence-electron chi connectivity index (χ1n) is 6.42. The highest BCUT2D eigenvalue weighted by Crippen LogP contribution is 2.31. The van der Waals surface area contributed by atoms with Gasteiger partial charge in [-0.25, -0.2) is 0 Å². The van der Waals surface area contributed by atoms with E-state index in [0.29, 0.717) is 0 Å². The van der Waals surface area contributed by atoms with Gasteiger partial charge in [0.05, 0.1) is 0 Å². The third kappa shape index (κ3) is 6.42. The summed E-state index contributed by atoms with van der Waals surface area (Å²) in [7, 11) is 0. The molecule has 1 rings (SSSR count). The topological polar surface area (TPSA) is 12.0 Å². The Balaban J connectivity index is 1.84. The van der Waals surface area contributed by atoms with Crippen molar-refractivity contribution >= 4 is 0 Å². The summed E-state index contributed by atoms with van der Waals surface area (Å²) < 4.78 is 0. The second kappa shape index (κ2) is 6.44. The normalized spacial score (nSPS) is 18.9. The molecule has 0 saturated heterocycles. The third-order valence-corrected chi connectivity index (χ3v) is 3.16. The van der Waals surface area contributed by atoms with Crippen LogP contribution in [0.4, 0.5) is 0 Å². The second-order valence-corrected chi connectivity index (χ2v) is 5.41. The molecule has 0 aromatic carbocycles. The van der Waals surface area contributed by atoms with Gasteiger partial charge in [0, 0.05) is 6.04 Å². The van der Waals surface area contributed by atoms with E-state index in [-0.39, 0.29) is 0 Å². The molecule has 0 bridgehead atoms. The predicted molar refractivity (Wildman–Crippen MR) is 63.5 cm³/mol. The minimum absolute atomic E-state index is 0.729. The van der Waals surface area contributed by atoms with Crippen molar-refractivity contribution in [2.45, 2.75) is 65.3 Å². The van der Waals surface area contributed by atoms with Crippen LogP contribution in [-0.4, -0.2) is 12.6 Å². The Morgan fingerprint density at radius 1 is 1.14 bits per heavy atom. The molecule has 0 spiro atoms. The fraction of sp³-hybridized carbons (Fsp3) is 1.00. The highest BCUT2D eigenvalue weighted by atomic mass is 14.9. The molecule has 1 saturated carbocycles. The summed E-state index contributed by atoms with van der Waals surface area (Å²) in [5.41, 5.74) is 0. The average molecular weight is 197 g/mol. The summed E-state index contributed by atoms with van der Waals surface area (Å²) >= 11 is 0. The van der Waals surface area contributed by atoms with Crippen LogP contribution in [-0.2, 0) is 0 Å². The zero-order valence-corrected chi connectivity index (χ0v) is 10.2. The van der Waals surface area contributed by atoms with Crippen LogP contribution in [0, 0.1) is 11.8 Å². The zero-order chi connectivity index (χ0) is 10.4. The molecule has 0 radical (unpaired) electrons. The molecule has 14 heavy (non-hydrogen) atoms. The lowest BCUT2D eigenvalue weighted by Crippen LogP contribution is -2.27. The minimum atomic E-state index is 0.729. The van der Waals surface area contributed by atoms with Crippen LogP contribution in [0.25, 0.3) is 0 Å².